The first-order valence-electron chi connectivity index (χ1n) is 9.23. The minimum atomic E-state index is 0. The highest BCUT2D eigenvalue weighted by Gasteiger charge is 2.06. The number of halogens is 2. The molecule has 0 aliphatic carbocycles. The summed E-state index contributed by atoms with van der Waals surface area (Å²) in [7, 11) is 1.76. The summed E-state index contributed by atoms with van der Waals surface area (Å²) in [6, 6.07) is 13.9. The average Bonchev–Trinajstić information content (AvgIpc) is 3.04. The number of aryl methyl sites for hydroxylation is 2. The number of pyridine rings is 1. The number of nitrogens with zero attached hydrogens (tertiary/aromatic N) is 4. The van der Waals surface area contributed by atoms with Crippen molar-refractivity contribution in [2.24, 2.45) is 4.99 Å². The molecule has 0 aliphatic heterocycles. The molecule has 8 heteroatoms. The van der Waals surface area contributed by atoms with Crippen molar-refractivity contribution in [3.05, 3.63) is 76.2 Å². The molecule has 0 radical (unpaired) electrons. The molecule has 0 amide bonds. The van der Waals surface area contributed by atoms with E-state index in [-0.39, 0.29) is 24.0 Å². The van der Waals surface area contributed by atoms with Crippen LogP contribution in [0.1, 0.15) is 22.5 Å². The van der Waals surface area contributed by atoms with Crippen molar-refractivity contribution in [3.8, 4) is 5.82 Å². The maximum atomic E-state index is 6.20. The van der Waals surface area contributed by atoms with E-state index >= 15 is 0 Å². The van der Waals surface area contributed by atoms with E-state index in [4.69, 9.17) is 11.6 Å². The first-order valence-corrected chi connectivity index (χ1v) is 9.61. The molecule has 0 unspecified atom stereocenters. The van der Waals surface area contributed by atoms with E-state index in [9.17, 15) is 0 Å². The van der Waals surface area contributed by atoms with Gasteiger partial charge in [-0.25, -0.2) is 9.67 Å². The van der Waals surface area contributed by atoms with E-state index in [1.54, 1.807) is 7.05 Å². The lowest BCUT2D eigenvalue weighted by Crippen LogP contribution is -2.37. The predicted molar refractivity (Wildman–Crippen MR) is 130 cm³/mol. The number of nitrogens with one attached hydrogen (secondary N) is 2. The maximum absolute atomic E-state index is 6.20. The van der Waals surface area contributed by atoms with E-state index in [1.165, 1.54) is 0 Å². The van der Waals surface area contributed by atoms with Gasteiger partial charge in [-0.15, -0.1) is 24.0 Å². The van der Waals surface area contributed by atoms with Crippen molar-refractivity contribution in [2.45, 2.75) is 26.8 Å². The van der Waals surface area contributed by atoms with Gasteiger partial charge in [-0.3, -0.25) is 4.99 Å². The van der Waals surface area contributed by atoms with Gasteiger partial charge in [0.1, 0.15) is 0 Å². The van der Waals surface area contributed by atoms with Crippen LogP contribution in [-0.2, 0) is 13.0 Å². The topological polar surface area (TPSA) is 67.1 Å². The lowest BCUT2D eigenvalue weighted by Gasteiger charge is -2.12. The molecule has 0 atom stereocenters. The first-order chi connectivity index (χ1) is 13.6. The van der Waals surface area contributed by atoms with Crippen LogP contribution >= 0.6 is 35.6 Å². The fourth-order valence-electron chi connectivity index (χ4n) is 2.93. The number of hydrogen-bond donors (Lipinski definition) is 2. The Morgan fingerprint density at radius 1 is 1.14 bits per heavy atom. The van der Waals surface area contributed by atoms with E-state index in [2.05, 4.69) is 25.7 Å². The molecule has 6 nitrogen and oxygen atoms in total. The van der Waals surface area contributed by atoms with Gasteiger partial charge in [0, 0.05) is 37.1 Å². The third-order valence-corrected chi connectivity index (χ3v) is 4.73. The summed E-state index contributed by atoms with van der Waals surface area (Å²) in [4.78, 5) is 8.79. The molecular formula is C21H26ClIN6. The van der Waals surface area contributed by atoms with Gasteiger partial charge < -0.3 is 10.6 Å². The van der Waals surface area contributed by atoms with E-state index in [0.29, 0.717) is 6.54 Å². The Bertz CT molecular complexity index is 952. The van der Waals surface area contributed by atoms with Crippen molar-refractivity contribution in [1.82, 2.24) is 25.4 Å². The summed E-state index contributed by atoms with van der Waals surface area (Å²) in [5.41, 5.74) is 4.24. The third-order valence-electron chi connectivity index (χ3n) is 4.36. The lowest BCUT2D eigenvalue weighted by molar-refractivity contribution is 0.784. The summed E-state index contributed by atoms with van der Waals surface area (Å²) in [5, 5.41) is 11.9. The highest BCUT2D eigenvalue weighted by molar-refractivity contribution is 14.0. The standard InChI is InChI=1S/C21H25ClN6.HI/c1-15-12-16(2)28(27-15)20-9-8-17(13-25-20)14-26-21(23-3)24-11-10-18-6-4-5-7-19(18)22;/h4-9,12-13H,10-11,14H2,1-3H3,(H2,23,24,26);1H. The second kappa shape index (κ2) is 11.2. The molecule has 0 saturated carbocycles. The van der Waals surface area contributed by atoms with Crippen molar-refractivity contribution in [1.29, 1.82) is 0 Å². The van der Waals surface area contributed by atoms with Gasteiger partial charge in [0.15, 0.2) is 11.8 Å². The van der Waals surface area contributed by atoms with Crippen molar-refractivity contribution in [2.75, 3.05) is 13.6 Å². The lowest BCUT2D eigenvalue weighted by atomic mass is 10.1. The van der Waals surface area contributed by atoms with Crippen LogP contribution in [-0.4, -0.2) is 34.3 Å². The highest BCUT2D eigenvalue weighted by Crippen LogP contribution is 2.14. The maximum Gasteiger partial charge on any atom is 0.191 e. The van der Waals surface area contributed by atoms with E-state index < -0.39 is 0 Å². The second-order valence-corrected chi connectivity index (χ2v) is 6.96. The summed E-state index contributed by atoms with van der Waals surface area (Å²) >= 11 is 6.20. The minimum absolute atomic E-state index is 0. The fraction of sp³-hybridized carbons (Fsp3) is 0.286. The van der Waals surface area contributed by atoms with Crippen LogP contribution in [0.5, 0.6) is 0 Å². The van der Waals surface area contributed by atoms with Crippen LogP contribution in [0.15, 0.2) is 53.7 Å². The fourth-order valence-corrected chi connectivity index (χ4v) is 3.16. The summed E-state index contributed by atoms with van der Waals surface area (Å²) < 4.78 is 1.85. The van der Waals surface area contributed by atoms with Gasteiger partial charge >= 0.3 is 0 Å². The molecule has 154 valence electrons. The Kier molecular flexibility index (Phi) is 8.91. The van der Waals surface area contributed by atoms with Crippen LogP contribution in [0.25, 0.3) is 5.82 Å². The quantitative estimate of drug-likeness (QED) is 0.290. The van der Waals surface area contributed by atoms with E-state index in [1.807, 2.05) is 67.2 Å². The molecule has 0 saturated heterocycles. The molecule has 0 bridgehead atoms. The zero-order valence-electron chi connectivity index (χ0n) is 16.8. The Morgan fingerprint density at radius 3 is 2.55 bits per heavy atom. The number of aromatic nitrogens is 3. The molecule has 0 fully saturated rings. The van der Waals surface area contributed by atoms with Gasteiger partial charge in [0.25, 0.3) is 0 Å². The Morgan fingerprint density at radius 2 is 1.93 bits per heavy atom. The Labute approximate surface area is 193 Å². The normalized spacial score (nSPS) is 11.1. The number of hydrogen-bond acceptors (Lipinski definition) is 3. The monoisotopic (exact) mass is 524 g/mol. The van der Waals surface area contributed by atoms with Crippen molar-refractivity contribution < 1.29 is 0 Å². The second-order valence-electron chi connectivity index (χ2n) is 6.56. The van der Waals surface area contributed by atoms with Crippen LogP contribution in [0.2, 0.25) is 5.02 Å². The van der Waals surface area contributed by atoms with Gasteiger partial charge in [-0.1, -0.05) is 35.9 Å². The molecule has 2 aromatic heterocycles. The molecule has 29 heavy (non-hydrogen) atoms. The van der Waals surface area contributed by atoms with Crippen molar-refractivity contribution >= 4 is 41.5 Å². The van der Waals surface area contributed by atoms with Crippen LogP contribution in [0.4, 0.5) is 0 Å². The zero-order chi connectivity index (χ0) is 19.9. The first kappa shape index (κ1) is 23.2. The molecule has 1 aromatic carbocycles. The molecule has 2 heterocycles. The van der Waals surface area contributed by atoms with Crippen LogP contribution in [0.3, 0.4) is 0 Å². The SMILES string of the molecule is CN=C(NCCc1ccccc1Cl)NCc1ccc(-n2nc(C)cc2C)nc1.I. The minimum Gasteiger partial charge on any atom is -0.356 e. The largest absolute Gasteiger partial charge is 0.356 e. The number of guanidine groups is 1. The zero-order valence-corrected chi connectivity index (χ0v) is 19.9. The number of rotatable bonds is 6. The summed E-state index contributed by atoms with van der Waals surface area (Å²) in [6.07, 6.45) is 2.69. The molecular weight excluding hydrogens is 499 g/mol. The number of aliphatic imine (C=N–C) groups is 1. The van der Waals surface area contributed by atoms with Crippen LogP contribution in [0, 0.1) is 13.8 Å². The Balaban J connectivity index is 0.00000300. The average molecular weight is 525 g/mol. The summed E-state index contributed by atoms with van der Waals surface area (Å²) in [6.45, 7) is 5.39. The van der Waals surface area contributed by atoms with E-state index in [0.717, 1.165) is 52.3 Å². The molecule has 3 aromatic rings. The number of benzene rings is 1. The van der Waals surface area contributed by atoms with Gasteiger partial charge in [0.2, 0.25) is 0 Å². The molecule has 2 N–H and O–H groups in total. The van der Waals surface area contributed by atoms with Crippen LogP contribution < -0.4 is 10.6 Å². The third kappa shape index (κ3) is 6.43. The van der Waals surface area contributed by atoms with Gasteiger partial charge in [0.05, 0.1) is 5.69 Å². The highest BCUT2D eigenvalue weighted by atomic mass is 127. The summed E-state index contributed by atoms with van der Waals surface area (Å²) in [5.74, 6) is 1.56. The van der Waals surface area contributed by atoms with Crippen molar-refractivity contribution in [3.63, 3.8) is 0 Å². The molecule has 0 spiro atoms. The molecule has 3 rings (SSSR count). The van der Waals surface area contributed by atoms with Gasteiger partial charge in [-0.05, 0) is 49.6 Å². The smallest absolute Gasteiger partial charge is 0.191 e. The predicted octanol–water partition coefficient (Wildman–Crippen LogP) is 4.06. The molecule has 0 aliphatic rings. The van der Waals surface area contributed by atoms with Gasteiger partial charge in [-0.2, -0.15) is 5.10 Å². The Hall–Kier alpha value is -2.13.